The number of hydrogen-bond donors (Lipinski definition) is 2. The first-order valence-electron chi connectivity index (χ1n) is 6.06. The number of nitrogens with one attached hydrogen (secondary N) is 1. The Hall–Kier alpha value is -2.30. The molecule has 0 amide bonds. The van der Waals surface area contributed by atoms with Gasteiger partial charge in [0.25, 0.3) is 0 Å². The second-order valence-corrected chi connectivity index (χ2v) is 4.34. The third kappa shape index (κ3) is 2.59. The van der Waals surface area contributed by atoms with Crippen molar-refractivity contribution in [2.75, 3.05) is 6.61 Å². The van der Waals surface area contributed by atoms with Crippen molar-refractivity contribution in [2.24, 2.45) is 0 Å². The molecule has 1 aromatic carbocycles. The number of carboxylic acids is 1. The normalized spacial score (nSPS) is 10.5. The molecule has 0 saturated carbocycles. The minimum Gasteiger partial charge on any atom is -0.493 e. The summed E-state index contributed by atoms with van der Waals surface area (Å²) >= 11 is 0. The van der Waals surface area contributed by atoms with Crippen LogP contribution in [0, 0.1) is 13.8 Å². The number of carboxylic acid groups (broad SMARTS) is 1. The number of benzene rings is 1. The van der Waals surface area contributed by atoms with Crippen LogP contribution in [0.25, 0.3) is 11.3 Å². The van der Waals surface area contributed by atoms with Gasteiger partial charge < -0.3 is 9.84 Å². The van der Waals surface area contributed by atoms with Crippen LogP contribution in [0.1, 0.15) is 28.5 Å². The number of rotatable bonds is 4. The van der Waals surface area contributed by atoms with Crippen LogP contribution in [0.2, 0.25) is 0 Å². The van der Waals surface area contributed by atoms with Crippen molar-refractivity contribution in [1.82, 2.24) is 10.2 Å². The quantitative estimate of drug-likeness (QED) is 0.886. The molecule has 19 heavy (non-hydrogen) atoms. The standard InChI is InChI=1S/C14H16N2O3/c1-4-19-13-8(2)5-10(6-9(13)3)11-7-12(14(17)18)16-15-11/h5-7H,4H2,1-3H3,(H,15,16)(H,17,18). The minimum atomic E-state index is -1.02. The molecule has 0 atom stereocenters. The summed E-state index contributed by atoms with van der Waals surface area (Å²) in [5, 5.41) is 15.4. The molecule has 2 N–H and O–H groups in total. The smallest absolute Gasteiger partial charge is 0.353 e. The molecule has 0 spiro atoms. The van der Waals surface area contributed by atoms with Crippen LogP contribution >= 0.6 is 0 Å². The fraction of sp³-hybridized carbons (Fsp3) is 0.286. The van der Waals surface area contributed by atoms with Gasteiger partial charge in [-0.05, 0) is 50.1 Å². The predicted octanol–water partition coefficient (Wildman–Crippen LogP) is 2.79. The van der Waals surface area contributed by atoms with E-state index in [1.165, 1.54) is 6.07 Å². The molecule has 1 heterocycles. The molecule has 0 aliphatic rings. The molecule has 5 heteroatoms. The largest absolute Gasteiger partial charge is 0.493 e. The Balaban J connectivity index is 2.42. The number of aromatic amines is 1. The maximum Gasteiger partial charge on any atom is 0.353 e. The molecule has 0 bridgehead atoms. The van der Waals surface area contributed by atoms with Gasteiger partial charge in [0.05, 0.1) is 12.3 Å². The molecule has 5 nitrogen and oxygen atoms in total. The molecular weight excluding hydrogens is 244 g/mol. The molecule has 2 aromatic rings. The number of aryl methyl sites for hydroxylation is 2. The zero-order valence-corrected chi connectivity index (χ0v) is 11.2. The lowest BCUT2D eigenvalue weighted by molar-refractivity contribution is 0.0690. The third-order valence-corrected chi connectivity index (χ3v) is 2.85. The first kappa shape index (κ1) is 13.1. The van der Waals surface area contributed by atoms with Gasteiger partial charge in [0.2, 0.25) is 0 Å². The van der Waals surface area contributed by atoms with E-state index in [4.69, 9.17) is 9.84 Å². The molecule has 100 valence electrons. The second kappa shape index (κ2) is 5.14. The Morgan fingerprint density at radius 3 is 2.42 bits per heavy atom. The molecule has 0 aliphatic carbocycles. The lowest BCUT2D eigenvalue weighted by Gasteiger charge is -2.11. The minimum absolute atomic E-state index is 0.0826. The predicted molar refractivity (Wildman–Crippen MR) is 71.6 cm³/mol. The van der Waals surface area contributed by atoms with Crippen molar-refractivity contribution in [2.45, 2.75) is 20.8 Å². The summed E-state index contributed by atoms with van der Waals surface area (Å²) < 4.78 is 5.58. The maximum absolute atomic E-state index is 10.8. The summed E-state index contributed by atoms with van der Waals surface area (Å²) in [6.07, 6.45) is 0. The van der Waals surface area contributed by atoms with E-state index in [0.29, 0.717) is 12.3 Å². The average Bonchev–Trinajstić information content (AvgIpc) is 2.83. The van der Waals surface area contributed by atoms with Crippen LogP contribution in [0.5, 0.6) is 5.75 Å². The SMILES string of the molecule is CCOc1c(C)cc(-c2cc(C(=O)O)[nH]n2)cc1C. The van der Waals surface area contributed by atoms with E-state index < -0.39 is 5.97 Å². The molecule has 0 fully saturated rings. The number of ether oxygens (including phenoxy) is 1. The average molecular weight is 260 g/mol. The highest BCUT2D eigenvalue weighted by molar-refractivity contribution is 5.86. The van der Waals surface area contributed by atoms with Gasteiger partial charge in [0, 0.05) is 5.56 Å². The summed E-state index contributed by atoms with van der Waals surface area (Å²) in [4.78, 5) is 10.8. The highest BCUT2D eigenvalue weighted by Crippen LogP contribution is 2.29. The van der Waals surface area contributed by atoms with Crippen LogP contribution in [0.3, 0.4) is 0 Å². The summed E-state index contributed by atoms with van der Waals surface area (Å²) in [7, 11) is 0. The van der Waals surface area contributed by atoms with Crippen LogP contribution in [0.4, 0.5) is 0 Å². The van der Waals surface area contributed by atoms with Gasteiger partial charge >= 0.3 is 5.97 Å². The van der Waals surface area contributed by atoms with Crippen LogP contribution in [0.15, 0.2) is 18.2 Å². The van der Waals surface area contributed by atoms with Crippen molar-refractivity contribution in [3.8, 4) is 17.0 Å². The molecule has 0 radical (unpaired) electrons. The first-order valence-corrected chi connectivity index (χ1v) is 6.06. The van der Waals surface area contributed by atoms with Gasteiger partial charge in [-0.2, -0.15) is 5.10 Å². The van der Waals surface area contributed by atoms with Crippen molar-refractivity contribution in [3.63, 3.8) is 0 Å². The van der Waals surface area contributed by atoms with Gasteiger partial charge in [-0.15, -0.1) is 0 Å². The number of aromatic carboxylic acids is 1. The van der Waals surface area contributed by atoms with E-state index in [1.54, 1.807) is 0 Å². The van der Waals surface area contributed by atoms with Crippen molar-refractivity contribution < 1.29 is 14.6 Å². The van der Waals surface area contributed by atoms with E-state index in [2.05, 4.69) is 10.2 Å². The molecule has 0 aliphatic heterocycles. The zero-order valence-electron chi connectivity index (χ0n) is 11.2. The van der Waals surface area contributed by atoms with E-state index in [1.807, 2.05) is 32.9 Å². The second-order valence-electron chi connectivity index (χ2n) is 4.34. The topological polar surface area (TPSA) is 75.2 Å². The van der Waals surface area contributed by atoms with E-state index in [9.17, 15) is 4.79 Å². The first-order chi connectivity index (χ1) is 9.02. The van der Waals surface area contributed by atoms with Gasteiger partial charge in [-0.25, -0.2) is 4.79 Å². The monoisotopic (exact) mass is 260 g/mol. The Labute approximate surface area is 111 Å². The number of hydrogen-bond acceptors (Lipinski definition) is 3. The molecule has 0 saturated heterocycles. The number of H-pyrrole nitrogens is 1. The summed E-state index contributed by atoms with van der Waals surface area (Å²) in [6, 6.07) is 5.41. The van der Waals surface area contributed by atoms with Crippen LogP contribution < -0.4 is 4.74 Å². The Morgan fingerprint density at radius 2 is 1.95 bits per heavy atom. The Bertz CT molecular complexity index is 594. The Morgan fingerprint density at radius 1 is 1.32 bits per heavy atom. The number of aromatic nitrogens is 2. The fourth-order valence-corrected chi connectivity index (χ4v) is 2.05. The highest BCUT2D eigenvalue weighted by atomic mass is 16.5. The zero-order chi connectivity index (χ0) is 14.0. The molecule has 2 rings (SSSR count). The van der Waals surface area contributed by atoms with E-state index in [0.717, 1.165) is 22.4 Å². The number of carbonyl (C=O) groups is 1. The van der Waals surface area contributed by atoms with Gasteiger partial charge in [-0.1, -0.05) is 0 Å². The van der Waals surface area contributed by atoms with E-state index >= 15 is 0 Å². The number of nitrogens with zero attached hydrogens (tertiary/aromatic N) is 1. The van der Waals surface area contributed by atoms with Gasteiger partial charge in [0.15, 0.2) is 0 Å². The molecular formula is C14H16N2O3. The lowest BCUT2D eigenvalue weighted by atomic mass is 10.0. The van der Waals surface area contributed by atoms with Gasteiger partial charge in [-0.3, -0.25) is 5.10 Å². The highest BCUT2D eigenvalue weighted by Gasteiger charge is 2.12. The third-order valence-electron chi connectivity index (χ3n) is 2.85. The van der Waals surface area contributed by atoms with Crippen LogP contribution in [-0.2, 0) is 0 Å². The van der Waals surface area contributed by atoms with Crippen molar-refractivity contribution in [3.05, 3.63) is 35.0 Å². The Kier molecular flexibility index (Phi) is 3.55. The van der Waals surface area contributed by atoms with Crippen molar-refractivity contribution in [1.29, 1.82) is 0 Å². The molecule has 1 aromatic heterocycles. The van der Waals surface area contributed by atoms with Crippen LogP contribution in [-0.4, -0.2) is 27.9 Å². The van der Waals surface area contributed by atoms with Gasteiger partial charge in [0.1, 0.15) is 11.4 Å². The molecule has 0 unspecified atom stereocenters. The summed E-state index contributed by atoms with van der Waals surface area (Å²) in [6.45, 7) is 6.49. The van der Waals surface area contributed by atoms with E-state index in [-0.39, 0.29) is 5.69 Å². The fourth-order valence-electron chi connectivity index (χ4n) is 2.05. The van der Waals surface area contributed by atoms with Crippen molar-refractivity contribution >= 4 is 5.97 Å². The summed E-state index contributed by atoms with van der Waals surface area (Å²) in [5.74, 6) is -0.140. The maximum atomic E-state index is 10.8. The summed E-state index contributed by atoms with van der Waals surface area (Å²) in [5.41, 5.74) is 3.60. The lowest BCUT2D eigenvalue weighted by Crippen LogP contribution is -1.97.